The predicted octanol–water partition coefficient (Wildman–Crippen LogP) is 5.39. The van der Waals surface area contributed by atoms with Crippen molar-refractivity contribution in [3.63, 3.8) is 0 Å². The minimum atomic E-state index is -0.653. The molecule has 1 aromatic carbocycles. The van der Waals surface area contributed by atoms with Crippen LogP contribution in [0.25, 0.3) is 0 Å². The fraction of sp³-hybridized carbons (Fsp3) is 0.250. The number of carbonyl (C=O) groups excluding carboxylic acids is 1. The number of pyridine rings is 1. The molecule has 120 valence electrons. The number of nitrogens with one attached hydrogen (secondary N) is 1. The van der Waals surface area contributed by atoms with E-state index in [0.29, 0.717) is 5.82 Å². The highest BCUT2D eigenvalue weighted by Crippen LogP contribution is 2.37. The molecule has 0 bridgehead atoms. The van der Waals surface area contributed by atoms with E-state index in [2.05, 4.69) is 26.2 Å². The zero-order valence-corrected chi connectivity index (χ0v) is 15.1. The molecule has 0 spiro atoms. The molecular formula is C16H13BrClFN2OS. The van der Waals surface area contributed by atoms with Crippen molar-refractivity contribution < 1.29 is 9.18 Å². The van der Waals surface area contributed by atoms with Crippen molar-refractivity contribution in [2.45, 2.75) is 17.7 Å². The van der Waals surface area contributed by atoms with Crippen molar-refractivity contribution in [2.24, 2.45) is 5.92 Å². The lowest BCUT2D eigenvalue weighted by molar-refractivity contribution is 0.102. The molecule has 1 saturated carbocycles. The Kier molecular flexibility index (Phi) is 5.24. The van der Waals surface area contributed by atoms with Gasteiger partial charge in [0.1, 0.15) is 11.6 Å². The van der Waals surface area contributed by atoms with Gasteiger partial charge in [-0.25, -0.2) is 9.37 Å². The number of hydrogen-bond donors (Lipinski definition) is 1. The SMILES string of the molecule is O=C(Nc1ncc(Br)cc1SCC1CC1)c1c(F)cccc1Cl. The van der Waals surface area contributed by atoms with E-state index in [1.54, 1.807) is 18.0 Å². The van der Waals surface area contributed by atoms with Crippen molar-refractivity contribution in [3.8, 4) is 0 Å². The first-order valence-electron chi connectivity index (χ1n) is 7.08. The van der Waals surface area contributed by atoms with E-state index in [4.69, 9.17) is 11.6 Å². The second-order valence-corrected chi connectivity index (χ2v) is 7.69. The van der Waals surface area contributed by atoms with Crippen LogP contribution in [0.3, 0.4) is 0 Å². The number of amides is 1. The molecule has 1 aromatic heterocycles. The lowest BCUT2D eigenvalue weighted by Gasteiger charge is -2.11. The van der Waals surface area contributed by atoms with Crippen LogP contribution in [0.1, 0.15) is 23.2 Å². The summed E-state index contributed by atoms with van der Waals surface area (Å²) < 4.78 is 14.7. The van der Waals surface area contributed by atoms with Gasteiger partial charge in [-0.15, -0.1) is 11.8 Å². The number of nitrogens with zero attached hydrogens (tertiary/aromatic N) is 1. The maximum atomic E-state index is 13.9. The van der Waals surface area contributed by atoms with Gasteiger partial charge >= 0.3 is 0 Å². The van der Waals surface area contributed by atoms with Crippen LogP contribution < -0.4 is 5.32 Å². The fourth-order valence-electron chi connectivity index (χ4n) is 2.00. The van der Waals surface area contributed by atoms with E-state index < -0.39 is 11.7 Å². The summed E-state index contributed by atoms with van der Waals surface area (Å²) in [6.07, 6.45) is 4.10. The number of halogens is 3. The lowest BCUT2D eigenvalue weighted by Crippen LogP contribution is -2.16. The topological polar surface area (TPSA) is 42.0 Å². The molecular weight excluding hydrogens is 403 g/mol. The van der Waals surface area contributed by atoms with E-state index >= 15 is 0 Å². The number of anilines is 1. The van der Waals surface area contributed by atoms with Gasteiger partial charge in [0.05, 0.1) is 15.5 Å². The molecule has 3 rings (SSSR count). The third-order valence-corrected chi connectivity index (χ3v) is 5.42. The van der Waals surface area contributed by atoms with Crippen LogP contribution in [0.2, 0.25) is 5.02 Å². The van der Waals surface area contributed by atoms with Crippen LogP contribution >= 0.6 is 39.3 Å². The van der Waals surface area contributed by atoms with Gasteiger partial charge in [0.2, 0.25) is 0 Å². The summed E-state index contributed by atoms with van der Waals surface area (Å²) in [6.45, 7) is 0. The van der Waals surface area contributed by atoms with E-state index in [1.165, 1.54) is 31.0 Å². The van der Waals surface area contributed by atoms with Crippen molar-refractivity contribution in [1.29, 1.82) is 0 Å². The number of carbonyl (C=O) groups is 1. The van der Waals surface area contributed by atoms with Crippen molar-refractivity contribution in [3.05, 3.63) is 51.3 Å². The normalized spacial score (nSPS) is 13.9. The van der Waals surface area contributed by atoms with E-state index in [-0.39, 0.29) is 10.6 Å². The highest BCUT2D eigenvalue weighted by molar-refractivity contribution is 9.10. The predicted molar refractivity (Wildman–Crippen MR) is 94.7 cm³/mol. The number of hydrogen-bond acceptors (Lipinski definition) is 3. The highest BCUT2D eigenvalue weighted by Gasteiger charge is 2.23. The van der Waals surface area contributed by atoms with Gasteiger partial charge < -0.3 is 5.32 Å². The molecule has 1 aliphatic carbocycles. The van der Waals surface area contributed by atoms with Gasteiger partial charge in [-0.2, -0.15) is 0 Å². The Morgan fingerprint density at radius 1 is 1.48 bits per heavy atom. The Labute approximate surface area is 151 Å². The van der Waals surface area contributed by atoms with Gasteiger partial charge in [-0.3, -0.25) is 4.79 Å². The molecule has 2 aromatic rings. The molecule has 0 atom stereocenters. The molecule has 1 heterocycles. The van der Waals surface area contributed by atoms with Crippen molar-refractivity contribution in [2.75, 3.05) is 11.1 Å². The molecule has 0 unspecified atom stereocenters. The van der Waals surface area contributed by atoms with Crippen LogP contribution in [0.5, 0.6) is 0 Å². The average Bonchev–Trinajstić information content (AvgIpc) is 3.31. The Morgan fingerprint density at radius 3 is 2.96 bits per heavy atom. The number of benzene rings is 1. The van der Waals surface area contributed by atoms with Crippen molar-refractivity contribution >= 4 is 51.0 Å². The minimum absolute atomic E-state index is 0.0757. The third-order valence-electron chi connectivity index (χ3n) is 3.41. The quantitative estimate of drug-likeness (QED) is 0.666. The molecule has 3 nitrogen and oxygen atoms in total. The van der Waals surface area contributed by atoms with Crippen LogP contribution in [0, 0.1) is 11.7 Å². The lowest BCUT2D eigenvalue weighted by atomic mass is 10.2. The van der Waals surface area contributed by atoms with Crippen LogP contribution in [0.4, 0.5) is 10.2 Å². The summed E-state index contributed by atoms with van der Waals surface area (Å²) in [5.74, 6) is 0.892. The zero-order valence-electron chi connectivity index (χ0n) is 12.0. The first kappa shape index (κ1) is 16.7. The molecule has 1 aliphatic rings. The molecule has 0 aliphatic heterocycles. The summed E-state index contributed by atoms with van der Waals surface area (Å²) in [5, 5.41) is 2.74. The van der Waals surface area contributed by atoms with Gasteiger partial charge in [0.25, 0.3) is 5.91 Å². The van der Waals surface area contributed by atoms with Gasteiger partial charge in [0, 0.05) is 16.4 Å². The first-order valence-corrected chi connectivity index (χ1v) is 9.24. The zero-order chi connectivity index (χ0) is 16.4. The highest BCUT2D eigenvalue weighted by atomic mass is 79.9. The summed E-state index contributed by atoms with van der Waals surface area (Å²) in [4.78, 5) is 17.4. The maximum absolute atomic E-state index is 13.9. The van der Waals surface area contributed by atoms with Crippen LogP contribution in [-0.2, 0) is 0 Å². The van der Waals surface area contributed by atoms with Crippen LogP contribution in [-0.4, -0.2) is 16.6 Å². The fourth-order valence-corrected chi connectivity index (χ4v) is 3.93. The van der Waals surface area contributed by atoms with Crippen LogP contribution in [0.15, 0.2) is 39.8 Å². The summed E-state index contributed by atoms with van der Waals surface area (Å²) in [7, 11) is 0. The summed E-state index contributed by atoms with van der Waals surface area (Å²) in [5.41, 5.74) is -0.169. The van der Waals surface area contributed by atoms with Crippen molar-refractivity contribution in [1.82, 2.24) is 4.98 Å². The van der Waals surface area contributed by atoms with E-state index in [0.717, 1.165) is 21.0 Å². The van der Waals surface area contributed by atoms with E-state index in [1.807, 2.05) is 6.07 Å². The Morgan fingerprint density at radius 2 is 2.26 bits per heavy atom. The standard InChI is InChI=1S/C16H13BrClFN2OS/c17-10-6-13(23-8-9-4-5-9)15(20-7-10)21-16(22)14-11(18)2-1-3-12(14)19/h1-3,6-7,9H,4-5,8H2,(H,20,21,22). The second-order valence-electron chi connectivity index (χ2n) is 5.31. The second kappa shape index (κ2) is 7.20. The minimum Gasteiger partial charge on any atom is -0.305 e. The Bertz CT molecular complexity index is 735. The van der Waals surface area contributed by atoms with E-state index in [9.17, 15) is 9.18 Å². The Hall–Kier alpha value is -1.11. The molecule has 0 radical (unpaired) electrons. The number of thioether (sulfide) groups is 1. The third kappa shape index (κ3) is 4.25. The largest absolute Gasteiger partial charge is 0.305 e. The molecule has 7 heteroatoms. The molecule has 1 amide bonds. The van der Waals surface area contributed by atoms with Gasteiger partial charge in [-0.1, -0.05) is 17.7 Å². The monoisotopic (exact) mass is 414 g/mol. The van der Waals surface area contributed by atoms with Gasteiger partial charge in [0.15, 0.2) is 0 Å². The smallest absolute Gasteiger partial charge is 0.261 e. The molecule has 1 fully saturated rings. The molecule has 1 N–H and O–H groups in total. The summed E-state index contributed by atoms with van der Waals surface area (Å²) >= 11 is 11.0. The maximum Gasteiger partial charge on any atom is 0.261 e. The molecule has 23 heavy (non-hydrogen) atoms. The average molecular weight is 416 g/mol. The Balaban J connectivity index is 1.82. The molecule has 0 saturated heterocycles. The number of rotatable bonds is 5. The first-order chi connectivity index (χ1) is 11.0. The number of aromatic nitrogens is 1. The van der Waals surface area contributed by atoms with Gasteiger partial charge in [-0.05, 0) is 52.9 Å². The summed E-state index contributed by atoms with van der Waals surface area (Å²) in [6, 6.07) is 6.05.